The van der Waals surface area contributed by atoms with Crippen LogP contribution < -0.4 is 5.32 Å². The molecule has 1 saturated heterocycles. The maximum Gasteiger partial charge on any atom is 0.327 e. The molecule has 2 unspecified atom stereocenters. The van der Waals surface area contributed by atoms with Gasteiger partial charge in [0, 0.05) is 12.4 Å². The number of carboxylic acid groups (broad SMARTS) is 1. The number of rotatable bonds is 5. The standard InChI is InChI=1S/C15H19N3O4/c1-9(2)8-11(12(19)20)18-13(21)15(3,17-14(18)22)10-4-6-16-7-5-10/h4-7,9,11H,8H2,1-3H3,(H,17,22)(H,19,20). The van der Waals surface area contributed by atoms with E-state index in [1.807, 2.05) is 13.8 Å². The Hall–Kier alpha value is -2.44. The monoisotopic (exact) mass is 305 g/mol. The summed E-state index contributed by atoms with van der Waals surface area (Å²) < 4.78 is 0. The molecule has 0 spiro atoms. The fourth-order valence-electron chi connectivity index (χ4n) is 2.59. The van der Waals surface area contributed by atoms with Crippen molar-refractivity contribution >= 4 is 17.9 Å². The summed E-state index contributed by atoms with van der Waals surface area (Å²) in [6.45, 7) is 5.25. The number of aliphatic carboxylic acids is 1. The van der Waals surface area contributed by atoms with E-state index in [-0.39, 0.29) is 12.3 Å². The second-order valence-corrected chi connectivity index (χ2v) is 5.95. The highest BCUT2D eigenvalue weighted by atomic mass is 16.4. The predicted molar refractivity (Wildman–Crippen MR) is 77.8 cm³/mol. The molecule has 0 aliphatic carbocycles. The Bertz CT molecular complexity index is 602. The van der Waals surface area contributed by atoms with Crippen LogP contribution in [0, 0.1) is 5.92 Å². The van der Waals surface area contributed by atoms with Crippen molar-refractivity contribution in [3.05, 3.63) is 30.1 Å². The molecule has 3 amide bonds. The van der Waals surface area contributed by atoms with Crippen LogP contribution in [0.15, 0.2) is 24.5 Å². The van der Waals surface area contributed by atoms with Gasteiger partial charge in [-0.15, -0.1) is 0 Å². The van der Waals surface area contributed by atoms with Gasteiger partial charge in [-0.1, -0.05) is 13.8 Å². The van der Waals surface area contributed by atoms with Crippen LogP contribution in [0.2, 0.25) is 0 Å². The summed E-state index contributed by atoms with van der Waals surface area (Å²) in [5, 5.41) is 12.0. The zero-order valence-electron chi connectivity index (χ0n) is 12.7. The molecule has 0 bridgehead atoms. The molecule has 1 aliphatic rings. The summed E-state index contributed by atoms with van der Waals surface area (Å²) in [5.41, 5.74) is -0.706. The Balaban J connectivity index is 2.38. The first kappa shape index (κ1) is 15.9. The molecule has 1 fully saturated rings. The van der Waals surface area contributed by atoms with Gasteiger partial charge in [0.25, 0.3) is 5.91 Å². The average molecular weight is 305 g/mol. The number of amides is 3. The highest BCUT2D eigenvalue weighted by Crippen LogP contribution is 2.30. The fourth-order valence-corrected chi connectivity index (χ4v) is 2.59. The molecule has 0 aromatic carbocycles. The highest BCUT2D eigenvalue weighted by molar-refractivity contribution is 6.09. The molecule has 2 N–H and O–H groups in total. The van der Waals surface area contributed by atoms with Crippen LogP contribution in [0.4, 0.5) is 4.79 Å². The molecule has 2 rings (SSSR count). The van der Waals surface area contributed by atoms with Gasteiger partial charge in [-0.25, -0.2) is 14.5 Å². The lowest BCUT2D eigenvalue weighted by Crippen LogP contribution is -2.47. The number of aromatic nitrogens is 1. The molecule has 2 heterocycles. The molecule has 118 valence electrons. The predicted octanol–water partition coefficient (Wildman–Crippen LogP) is 1.35. The first-order chi connectivity index (χ1) is 10.3. The van der Waals surface area contributed by atoms with Crippen LogP contribution in [0.5, 0.6) is 0 Å². The van der Waals surface area contributed by atoms with Gasteiger partial charge in [-0.2, -0.15) is 0 Å². The quantitative estimate of drug-likeness (QED) is 0.800. The summed E-state index contributed by atoms with van der Waals surface area (Å²) in [4.78, 5) is 41.1. The third kappa shape index (κ3) is 2.66. The summed E-state index contributed by atoms with van der Waals surface area (Å²) in [6, 6.07) is 1.40. The van der Waals surface area contributed by atoms with E-state index in [0.29, 0.717) is 5.56 Å². The van der Waals surface area contributed by atoms with Crippen LogP contribution in [0.25, 0.3) is 0 Å². The van der Waals surface area contributed by atoms with E-state index in [1.54, 1.807) is 19.1 Å². The van der Waals surface area contributed by atoms with E-state index >= 15 is 0 Å². The van der Waals surface area contributed by atoms with Crippen molar-refractivity contribution in [2.24, 2.45) is 5.92 Å². The lowest BCUT2D eigenvalue weighted by Gasteiger charge is -2.25. The average Bonchev–Trinajstić information content (AvgIpc) is 2.68. The van der Waals surface area contributed by atoms with Gasteiger partial charge >= 0.3 is 12.0 Å². The van der Waals surface area contributed by atoms with Gasteiger partial charge in [-0.05, 0) is 37.0 Å². The number of carbonyl (C=O) groups is 3. The van der Waals surface area contributed by atoms with Crippen LogP contribution >= 0.6 is 0 Å². The topological polar surface area (TPSA) is 99.6 Å². The molecular formula is C15H19N3O4. The third-order valence-corrected chi connectivity index (χ3v) is 3.77. The number of nitrogens with zero attached hydrogens (tertiary/aromatic N) is 2. The van der Waals surface area contributed by atoms with Crippen molar-refractivity contribution in [1.82, 2.24) is 15.2 Å². The molecular weight excluding hydrogens is 286 g/mol. The molecule has 1 aliphatic heterocycles. The molecule has 7 nitrogen and oxygen atoms in total. The van der Waals surface area contributed by atoms with E-state index in [0.717, 1.165) is 4.90 Å². The maximum atomic E-state index is 12.7. The van der Waals surface area contributed by atoms with E-state index < -0.39 is 29.5 Å². The minimum absolute atomic E-state index is 0.0366. The van der Waals surface area contributed by atoms with Crippen LogP contribution in [-0.4, -0.2) is 38.9 Å². The number of carboxylic acids is 1. The maximum absolute atomic E-state index is 12.7. The lowest BCUT2D eigenvalue weighted by atomic mass is 9.92. The second kappa shape index (κ2) is 5.75. The smallest absolute Gasteiger partial charge is 0.327 e. The Morgan fingerprint density at radius 2 is 1.95 bits per heavy atom. The van der Waals surface area contributed by atoms with Gasteiger partial charge in [0.2, 0.25) is 0 Å². The number of imide groups is 1. The Morgan fingerprint density at radius 1 is 1.36 bits per heavy atom. The lowest BCUT2D eigenvalue weighted by molar-refractivity contribution is -0.148. The minimum Gasteiger partial charge on any atom is -0.480 e. The second-order valence-electron chi connectivity index (χ2n) is 5.95. The van der Waals surface area contributed by atoms with Gasteiger partial charge in [0.15, 0.2) is 0 Å². The summed E-state index contributed by atoms with van der Waals surface area (Å²) in [5.74, 6) is -1.71. The van der Waals surface area contributed by atoms with E-state index in [1.165, 1.54) is 12.4 Å². The highest BCUT2D eigenvalue weighted by Gasteiger charge is 2.52. The van der Waals surface area contributed by atoms with Crippen molar-refractivity contribution in [2.75, 3.05) is 0 Å². The van der Waals surface area contributed by atoms with Gasteiger partial charge in [-0.3, -0.25) is 9.78 Å². The molecule has 1 aromatic rings. The first-order valence-electron chi connectivity index (χ1n) is 7.06. The van der Waals surface area contributed by atoms with Gasteiger partial charge < -0.3 is 10.4 Å². The normalized spacial score (nSPS) is 22.8. The van der Waals surface area contributed by atoms with E-state index in [9.17, 15) is 19.5 Å². The van der Waals surface area contributed by atoms with Crippen LogP contribution in [0.3, 0.4) is 0 Å². The van der Waals surface area contributed by atoms with E-state index in [2.05, 4.69) is 10.3 Å². The minimum atomic E-state index is -1.27. The van der Waals surface area contributed by atoms with Gasteiger partial charge in [0.1, 0.15) is 11.6 Å². The van der Waals surface area contributed by atoms with Crippen LogP contribution in [-0.2, 0) is 15.1 Å². The first-order valence-corrected chi connectivity index (χ1v) is 7.06. The number of urea groups is 1. The Labute approximate surface area is 128 Å². The molecule has 1 aromatic heterocycles. The molecule has 22 heavy (non-hydrogen) atoms. The van der Waals surface area contributed by atoms with Crippen molar-refractivity contribution in [3.63, 3.8) is 0 Å². The molecule has 2 atom stereocenters. The zero-order chi connectivity index (χ0) is 16.5. The number of nitrogens with one attached hydrogen (secondary N) is 1. The van der Waals surface area contributed by atoms with E-state index in [4.69, 9.17) is 0 Å². The number of hydrogen-bond donors (Lipinski definition) is 2. The van der Waals surface area contributed by atoms with Crippen molar-refractivity contribution in [1.29, 1.82) is 0 Å². The zero-order valence-corrected chi connectivity index (χ0v) is 12.7. The largest absolute Gasteiger partial charge is 0.480 e. The Kier molecular flexibility index (Phi) is 4.16. The summed E-state index contributed by atoms with van der Waals surface area (Å²) in [6.07, 6.45) is 3.25. The SMILES string of the molecule is CC(C)CC(C(=O)O)N1C(=O)NC(C)(c2ccncc2)C1=O. The fraction of sp³-hybridized carbons (Fsp3) is 0.467. The summed E-state index contributed by atoms with van der Waals surface area (Å²) in [7, 11) is 0. The van der Waals surface area contributed by atoms with Crippen molar-refractivity contribution in [3.8, 4) is 0 Å². The molecule has 7 heteroatoms. The number of pyridine rings is 1. The van der Waals surface area contributed by atoms with Crippen molar-refractivity contribution < 1.29 is 19.5 Å². The molecule has 0 radical (unpaired) electrons. The third-order valence-electron chi connectivity index (χ3n) is 3.77. The van der Waals surface area contributed by atoms with Crippen molar-refractivity contribution in [2.45, 2.75) is 38.8 Å². The summed E-state index contributed by atoms with van der Waals surface area (Å²) >= 11 is 0. The molecule has 0 saturated carbocycles. The number of hydrogen-bond acceptors (Lipinski definition) is 4. The number of carbonyl (C=O) groups excluding carboxylic acids is 2. The van der Waals surface area contributed by atoms with Gasteiger partial charge in [0.05, 0.1) is 0 Å². The Morgan fingerprint density at radius 3 is 2.45 bits per heavy atom. The van der Waals surface area contributed by atoms with Crippen LogP contribution in [0.1, 0.15) is 32.8 Å².